The first-order valence-corrected chi connectivity index (χ1v) is 7.23. The molecule has 0 aromatic carbocycles. The quantitative estimate of drug-likeness (QED) is 0.884. The van der Waals surface area contributed by atoms with E-state index in [0.717, 1.165) is 6.54 Å². The molecule has 2 rings (SSSR count). The third kappa shape index (κ3) is 3.58. The minimum atomic E-state index is 0.453. The zero-order chi connectivity index (χ0) is 13.2. The maximum atomic E-state index is 4.38. The van der Waals surface area contributed by atoms with Crippen molar-refractivity contribution in [3.63, 3.8) is 0 Å². The van der Waals surface area contributed by atoms with Crippen LogP contribution in [0.3, 0.4) is 0 Å². The molecule has 0 spiro atoms. The highest BCUT2D eigenvalue weighted by molar-refractivity contribution is 5.04. The summed E-state index contributed by atoms with van der Waals surface area (Å²) in [5.41, 5.74) is 1.86. The van der Waals surface area contributed by atoms with Crippen molar-refractivity contribution in [3.05, 3.63) is 18.0 Å². The molecule has 18 heavy (non-hydrogen) atoms. The molecule has 1 aromatic rings. The molecule has 1 saturated carbocycles. The lowest BCUT2D eigenvalue weighted by Crippen LogP contribution is -2.35. The Labute approximate surface area is 111 Å². The molecule has 0 atom stereocenters. The van der Waals surface area contributed by atoms with Crippen LogP contribution in [0.15, 0.2) is 12.4 Å². The molecular weight excluding hydrogens is 222 g/mol. The summed E-state index contributed by atoms with van der Waals surface area (Å²) in [4.78, 5) is 0. The zero-order valence-corrected chi connectivity index (χ0v) is 12.2. The Morgan fingerprint density at radius 3 is 2.61 bits per heavy atom. The van der Waals surface area contributed by atoms with Gasteiger partial charge in [0.25, 0.3) is 0 Å². The van der Waals surface area contributed by atoms with Gasteiger partial charge in [-0.1, -0.05) is 13.8 Å². The standard InChI is InChI=1S/C15H27N3/c1-12(2)18-11-13(10-17-18)9-16-14-5-7-15(3,4)8-6-14/h10-12,14,16H,5-9H2,1-4H3. The number of nitrogens with zero attached hydrogens (tertiary/aromatic N) is 2. The highest BCUT2D eigenvalue weighted by Crippen LogP contribution is 2.35. The Morgan fingerprint density at radius 1 is 1.39 bits per heavy atom. The lowest BCUT2D eigenvalue weighted by atomic mass is 9.75. The zero-order valence-electron chi connectivity index (χ0n) is 12.2. The van der Waals surface area contributed by atoms with Crippen LogP contribution >= 0.6 is 0 Å². The third-order valence-electron chi connectivity index (χ3n) is 4.12. The minimum absolute atomic E-state index is 0.453. The fraction of sp³-hybridized carbons (Fsp3) is 0.800. The predicted molar refractivity (Wildman–Crippen MR) is 75.5 cm³/mol. The number of rotatable bonds is 4. The molecule has 0 amide bonds. The monoisotopic (exact) mass is 249 g/mol. The van der Waals surface area contributed by atoms with Gasteiger partial charge in [0.15, 0.2) is 0 Å². The normalized spacial score (nSPS) is 20.5. The summed E-state index contributed by atoms with van der Waals surface area (Å²) in [6, 6.07) is 1.15. The summed E-state index contributed by atoms with van der Waals surface area (Å²) in [6.07, 6.45) is 9.45. The van der Waals surface area contributed by atoms with Crippen LogP contribution in [0.1, 0.15) is 65.0 Å². The van der Waals surface area contributed by atoms with E-state index in [1.165, 1.54) is 31.2 Å². The summed E-state index contributed by atoms with van der Waals surface area (Å²) in [5.74, 6) is 0. The Balaban J connectivity index is 1.78. The van der Waals surface area contributed by atoms with E-state index in [0.29, 0.717) is 17.5 Å². The van der Waals surface area contributed by atoms with E-state index in [-0.39, 0.29) is 0 Å². The first kappa shape index (κ1) is 13.6. The molecule has 3 heteroatoms. The number of nitrogens with one attached hydrogen (secondary N) is 1. The van der Waals surface area contributed by atoms with Gasteiger partial charge in [-0.3, -0.25) is 4.68 Å². The minimum Gasteiger partial charge on any atom is -0.310 e. The molecule has 1 aliphatic carbocycles. The average molecular weight is 249 g/mol. The van der Waals surface area contributed by atoms with Crippen LogP contribution in [0.25, 0.3) is 0 Å². The van der Waals surface area contributed by atoms with Gasteiger partial charge in [-0.25, -0.2) is 0 Å². The topological polar surface area (TPSA) is 29.9 Å². The van der Waals surface area contributed by atoms with Crippen LogP contribution in [0.2, 0.25) is 0 Å². The van der Waals surface area contributed by atoms with Gasteiger partial charge < -0.3 is 5.32 Å². The van der Waals surface area contributed by atoms with E-state index >= 15 is 0 Å². The fourth-order valence-corrected chi connectivity index (χ4v) is 2.62. The van der Waals surface area contributed by atoms with Gasteiger partial charge in [0.05, 0.1) is 6.20 Å². The van der Waals surface area contributed by atoms with Crippen LogP contribution in [-0.2, 0) is 6.54 Å². The summed E-state index contributed by atoms with van der Waals surface area (Å²) < 4.78 is 2.03. The molecule has 0 radical (unpaired) electrons. The van der Waals surface area contributed by atoms with Gasteiger partial charge in [0.1, 0.15) is 0 Å². The van der Waals surface area contributed by atoms with E-state index < -0.39 is 0 Å². The van der Waals surface area contributed by atoms with Gasteiger partial charge in [-0.15, -0.1) is 0 Å². The van der Waals surface area contributed by atoms with Crippen molar-refractivity contribution in [2.24, 2.45) is 5.41 Å². The maximum Gasteiger partial charge on any atom is 0.0534 e. The molecule has 1 aliphatic rings. The van der Waals surface area contributed by atoms with E-state index in [9.17, 15) is 0 Å². The molecule has 102 valence electrons. The molecule has 3 nitrogen and oxygen atoms in total. The summed E-state index contributed by atoms with van der Waals surface area (Å²) in [6.45, 7) is 10.0. The van der Waals surface area contributed by atoms with Crippen LogP contribution in [-0.4, -0.2) is 15.8 Å². The lowest BCUT2D eigenvalue weighted by molar-refractivity contribution is 0.206. The molecule has 1 N–H and O–H groups in total. The second kappa shape index (κ2) is 5.43. The van der Waals surface area contributed by atoms with E-state index in [1.807, 2.05) is 10.9 Å². The molecular formula is C15H27N3. The van der Waals surface area contributed by atoms with Gasteiger partial charge in [-0.05, 0) is 44.9 Å². The van der Waals surface area contributed by atoms with Crippen molar-refractivity contribution < 1.29 is 0 Å². The first-order valence-electron chi connectivity index (χ1n) is 7.23. The van der Waals surface area contributed by atoms with E-state index in [4.69, 9.17) is 0 Å². The Bertz CT molecular complexity index is 369. The summed E-state index contributed by atoms with van der Waals surface area (Å²) >= 11 is 0. The largest absolute Gasteiger partial charge is 0.310 e. The molecule has 1 aromatic heterocycles. The number of hydrogen-bond acceptors (Lipinski definition) is 2. The van der Waals surface area contributed by atoms with E-state index in [1.54, 1.807) is 0 Å². The Kier molecular flexibility index (Phi) is 4.10. The van der Waals surface area contributed by atoms with Crippen molar-refractivity contribution in [3.8, 4) is 0 Å². The fourth-order valence-electron chi connectivity index (χ4n) is 2.62. The summed E-state index contributed by atoms with van der Waals surface area (Å²) in [5, 5.41) is 8.05. The lowest BCUT2D eigenvalue weighted by Gasteiger charge is -2.34. The first-order chi connectivity index (χ1) is 8.46. The number of hydrogen-bond donors (Lipinski definition) is 1. The molecule has 0 unspecified atom stereocenters. The smallest absolute Gasteiger partial charge is 0.0534 e. The van der Waals surface area contributed by atoms with Crippen molar-refractivity contribution in [2.45, 2.75) is 72.0 Å². The second-order valence-corrected chi connectivity index (χ2v) is 6.74. The van der Waals surface area contributed by atoms with Crippen LogP contribution in [0.5, 0.6) is 0 Å². The molecule has 1 heterocycles. The molecule has 0 saturated heterocycles. The van der Waals surface area contributed by atoms with Crippen LogP contribution < -0.4 is 5.32 Å². The average Bonchev–Trinajstić information content (AvgIpc) is 2.76. The Morgan fingerprint density at radius 2 is 2.06 bits per heavy atom. The van der Waals surface area contributed by atoms with Crippen LogP contribution in [0.4, 0.5) is 0 Å². The predicted octanol–water partition coefficient (Wildman–Crippen LogP) is 3.52. The Hall–Kier alpha value is -0.830. The van der Waals surface area contributed by atoms with Crippen molar-refractivity contribution in [2.75, 3.05) is 0 Å². The molecule has 1 fully saturated rings. The van der Waals surface area contributed by atoms with Crippen molar-refractivity contribution in [1.29, 1.82) is 0 Å². The molecule has 0 bridgehead atoms. The highest BCUT2D eigenvalue weighted by atomic mass is 15.3. The van der Waals surface area contributed by atoms with Gasteiger partial charge in [0, 0.05) is 30.4 Å². The summed E-state index contributed by atoms with van der Waals surface area (Å²) in [7, 11) is 0. The highest BCUT2D eigenvalue weighted by Gasteiger charge is 2.26. The van der Waals surface area contributed by atoms with Gasteiger partial charge >= 0.3 is 0 Å². The van der Waals surface area contributed by atoms with Crippen LogP contribution in [0, 0.1) is 5.41 Å². The SMILES string of the molecule is CC(C)n1cc(CNC2CCC(C)(C)CC2)cn1. The van der Waals surface area contributed by atoms with Crippen molar-refractivity contribution >= 4 is 0 Å². The second-order valence-electron chi connectivity index (χ2n) is 6.74. The maximum absolute atomic E-state index is 4.38. The third-order valence-corrected chi connectivity index (χ3v) is 4.12. The molecule has 0 aliphatic heterocycles. The van der Waals surface area contributed by atoms with Gasteiger partial charge in [-0.2, -0.15) is 5.10 Å². The van der Waals surface area contributed by atoms with E-state index in [2.05, 4.69) is 44.3 Å². The van der Waals surface area contributed by atoms with Gasteiger partial charge in [0.2, 0.25) is 0 Å². The number of aromatic nitrogens is 2. The van der Waals surface area contributed by atoms with Crippen molar-refractivity contribution in [1.82, 2.24) is 15.1 Å².